The first kappa shape index (κ1) is 14.3. The molecule has 0 spiro atoms. The van der Waals surface area contributed by atoms with Crippen molar-refractivity contribution in [3.8, 4) is 0 Å². The van der Waals surface area contributed by atoms with E-state index in [9.17, 15) is 5.11 Å². The van der Waals surface area contributed by atoms with E-state index in [1.165, 1.54) is 17.9 Å². The van der Waals surface area contributed by atoms with E-state index in [0.717, 1.165) is 19.6 Å². The van der Waals surface area contributed by atoms with Gasteiger partial charge in [-0.15, -0.1) is 0 Å². The quantitative estimate of drug-likeness (QED) is 0.781. The normalized spacial score (nSPS) is 21.8. The number of β-amino-alcohol motifs (C(OH)–C–C–N with tert-alkyl or cyclic N) is 1. The Morgan fingerprint density at radius 1 is 1.31 bits per heavy atom. The number of hydrogen-bond acceptors (Lipinski definition) is 4. The van der Waals surface area contributed by atoms with Gasteiger partial charge in [0, 0.05) is 30.9 Å². The summed E-state index contributed by atoms with van der Waals surface area (Å²) in [6, 6.07) is 0. The first-order valence-electron chi connectivity index (χ1n) is 6.20. The molecule has 1 heterocycles. The van der Waals surface area contributed by atoms with Gasteiger partial charge in [0.25, 0.3) is 0 Å². The Morgan fingerprint density at radius 2 is 2.06 bits per heavy atom. The summed E-state index contributed by atoms with van der Waals surface area (Å²) in [6.45, 7) is 10.1. The molecule has 4 heteroatoms. The summed E-state index contributed by atoms with van der Waals surface area (Å²) >= 11 is 2.03. The van der Waals surface area contributed by atoms with Gasteiger partial charge in [0.1, 0.15) is 0 Å². The summed E-state index contributed by atoms with van der Waals surface area (Å²) < 4.78 is 0. The van der Waals surface area contributed by atoms with Gasteiger partial charge in [0.05, 0.1) is 6.10 Å². The van der Waals surface area contributed by atoms with Crippen LogP contribution in [0.3, 0.4) is 0 Å². The van der Waals surface area contributed by atoms with E-state index in [0.29, 0.717) is 6.54 Å². The second-order valence-corrected chi connectivity index (χ2v) is 6.78. The molecule has 0 saturated carbocycles. The second-order valence-electron chi connectivity index (χ2n) is 5.55. The first-order valence-corrected chi connectivity index (χ1v) is 7.36. The molecule has 1 atom stereocenters. The van der Waals surface area contributed by atoms with Crippen LogP contribution in [0.2, 0.25) is 0 Å². The number of thioether (sulfide) groups is 1. The maximum absolute atomic E-state index is 9.95. The summed E-state index contributed by atoms with van der Waals surface area (Å²) in [6.07, 6.45) is 1.01. The minimum Gasteiger partial charge on any atom is -0.390 e. The molecule has 3 nitrogen and oxygen atoms in total. The van der Waals surface area contributed by atoms with Crippen LogP contribution in [0.5, 0.6) is 0 Å². The van der Waals surface area contributed by atoms with Crippen LogP contribution in [0.25, 0.3) is 0 Å². The van der Waals surface area contributed by atoms with Crippen molar-refractivity contribution >= 4 is 11.8 Å². The van der Waals surface area contributed by atoms with Crippen LogP contribution < -0.4 is 5.32 Å². The summed E-state index contributed by atoms with van der Waals surface area (Å²) in [5.74, 6) is 2.48. The van der Waals surface area contributed by atoms with Gasteiger partial charge in [-0.25, -0.2) is 0 Å². The number of hydrogen-bond donors (Lipinski definition) is 2. The van der Waals surface area contributed by atoms with Crippen molar-refractivity contribution in [1.29, 1.82) is 0 Å². The molecule has 1 aliphatic heterocycles. The molecule has 0 bridgehead atoms. The van der Waals surface area contributed by atoms with Gasteiger partial charge < -0.3 is 10.4 Å². The van der Waals surface area contributed by atoms with Crippen LogP contribution >= 0.6 is 11.8 Å². The van der Waals surface area contributed by atoms with E-state index in [-0.39, 0.29) is 11.6 Å². The number of aliphatic hydroxyl groups excluding tert-OH is 1. The van der Waals surface area contributed by atoms with Crippen molar-refractivity contribution in [2.75, 3.05) is 37.7 Å². The lowest BCUT2D eigenvalue weighted by atomic mass is 10.1. The number of rotatable bonds is 4. The Balaban J connectivity index is 2.19. The third kappa shape index (κ3) is 6.74. The maximum Gasteiger partial charge on any atom is 0.0791 e. The van der Waals surface area contributed by atoms with Crippen LogP contribution in [0.4, 0.5) is 0 Å². The summed E-state index contributed by atoms with van der Waals surface area (Å²) in [4.78, 5) is 2.38. The van der Waals surface area contributed by atoms with Gasteiger partial charge in [-0.2, -0.15) is 11.8 Å². The molecule has 1 rings (SSSR count). The number of aliphatic hydroxyl groups is 1. The lowest BCUT2D eigenvalue weighted by Gasteiger charge is -2.26. The number of nitrogens with one attached hydrogen (secondary N) is 1. The van der Waals surface area contributed by atoms with Crippen LogP contribution in [0, 0.1) is 0 Å². The summed E-state index contributed by atoms with van der Waals surface area (Å²) in [7, 11) is 0. The van der Waals surface area contributed by atoms with Crippen molar-refractivity contribution in [2.45, 2.75) is 38.8 Å². The largest absolute Gasteiger partial charge is 0.390 e. The monoisotopic (exact) mass is 246 g/mol. The molecule has 16 heavy (non-hydrogen) atoms. The van der Waals surface area contributed by atoms with Gasteiger partial charge in [-0.05, 0) is 39.5 Å². The van der Waals surface area contributed by atoms with Crippen molar-refractivity contribution in [1.82, 2.24) is 10.2 Å². The third-order valence-electron chi connectivity index (χ3n) is 2.65. The molecule has 0 aliphatic carbocycles. The molecule has 1 fully saturated rings. The Hall–Kier alpha value is 0.230. The lowest BCUT2D eigenvalue weighted by Crippen LogP contribution is -2.45. The highest BCUT2D eigenvalue weighted by molar-refractivity contribution is 7.99. The number of nitrogens with zero attached hydrogens (tertiary/aromatic N) is 1. The van der Waals surface area contributed by atoms with Gasteiger partial charge in [0.15, 0.2) is 0 Å². The van der Waals surface area contributed by atoms with Crippen LogP contribution in [0.15, 0.2) is 0 Å². The molecule has 2 N–H and O–H groups in total. The van der Waals surface area contributed by atoms with E-state index in [2.05, 4.69) is 31.0 Å². The van der Waals surface area contributed by atoms with Crippen LogP contribution in [-0.4, -0.2) is 59.3 Å². The van der Waals surface area contributed by atoms with Gasteiger partial charge in [0.2, 0.25) is 0 Å². The van der Waals surface area contributed by atoms with E-state index >= 15 is 0 Å². The van der Waals surface area contributed by atoms with E-state index in [4.69, 9.17) is 0 Å². The Morgan fingerprint density at radius 3 is 2.75 bits per heavy atom. The van der Waals surface area contributed by atoms with E-state index in [1.807, 2.05) is 11.8 Å². The van der Waals surface area contributed by atoms with Gasteiger partial charge in [-0.1, -0.05) is 0 Å². The predicted molar refractivity (Wildman–Crippen MR) is 72.1 cm³/mol. The molecular weight excluding hydrogens is 220 g/mol. The lowest BCUT2D eigenvalue weighted by molar-refractivity contribution is 0.109. The predicted octanol–water partition coefficient (Wildman–Crippen LogP) is 1.17. The fraction of sp³-hybridized carbons (Fsp3) is 1.00. The molecule has 0 radical (unpaired) electrons. The molecular formula is C12H26N2OS. The summed E-state index contributed by atoms with van der Waals surface area (Å²) in [5, 5.41) is 13.3. The van der Waals surface area contributed by atoms with Gasteiger partial charge in [-0.3, -0.25) is 4.90 Å². The van der Waals surface area contributed by atoms with Crippen LogP contribution in [-0.2, 0) is 0 Å². The highest BCUT2D eigenvalue weighted by atomic mass is 32.2. The zero-order valence-corrected chi connectivity index (χ0v) is 11.6. The highest BCUT2D eigenvalue weighted by Crippen LogP contribution is 2.10. The fourth-order valence-corrected chi connectivity index (χ4v) is 2.69. The zero-order chi connectivity index (χ0) is 12.0. The Kier molecular flexibility index (Phi) is 6.11. The van der Waals surface area contributed by atoms with E-state index in [1.54, 1.807) is 0 Å². The van der Waals surface area contributed by atoms with Crippen LogP contribution in [0.1, 0.15) is 27.2 Å². The molecule has 0 aromatic carbocycles. The standard InChI is InChI=1S/C12H26N2OS/c1-12(2,3)13-9-11(15)10-14-5-4-7-16-8-6-14/h11,13,15H,4-10H2,1-3H3. The van der Waals surface area contributed by atoms with Crippen molar-refractivity contribution in [3.05, 3.63) is 0 Å². The average molecular weight is 246 g/mol. The Labute approximate surface area is 104 Å². The molecule has 0 aromatic rings. The molecule has 1 saturated heterocycles. The Bertz CT molecular complexity index is 186. The van der Waals surface area contributed by atoms with E-state index < -0.39 is 0 Å². The van der Waals surface area contributed by atoms with Crippen molar-refractivity contribution in [2.24, 2.45) is 0 Å². The fourth-order valence-electron chi connectivity index (χ4n) is 1.77. The smallest absolute Gasteiger partial charge is 0.0791 e. The molecule has 1 aliphatic rings. The molecule has 0 amide bonds. The minimum absolute atomic E-state index is 0.0929. The molecule has 1 unspecified atom stereocenters. The second kappa shape index (κ2) is 6.84. The SMILES string of the molecule is CC(C)(C)NCC(O)CN1CCCSCC1. The van der Waals surface area contributed by atoms with Gasteiger partial charge >= 0.3 is 0 Å². The minimum atomic E-state index is -0.248. The topological polar surface area (TPSA) is 35.5 Å². The highest BCUT2D eigenvalue weighted by Gasteiger charge is 2.16. The first-order chi connectivity index (χ1) is 7.47. The van der Waals surface area contributed by atoms with Crippen molar-refractivity contribution in [3.63, 3.8) is 0 Å². The molecule has 0 aromatic heterocycles. The molecule has 96 valence electrons. The summed E-state index contributed by atoms with van der Waals surface area (Å²) in [5.41, 5.74) is 0.0929. The van der Waals surface area contributed by atoms with Crippen molar-refractivity contribution < 1.29 is 5.11 Å². The maximum atomic E-state index is 9.95. The zero-order valence-electron chi connectivity index (χ0n) is 10.8. The average Bonchev–Trinajstić information content (AvgIpc) is 2.42. The third-order valence-corrected chi connectivity index (χ3v) is 3.70.